The molecule has 2 aromatic carbocycles. The average molecular weight is 425 g/mol. The number of unbranched alkanes of at least 4 members (excludes halogenated alkanes) is 1. The van der Waals surface area contributed by atoms with E-state index in [1.165, 1.54) is 11.1 Å². The van der Waals surface area contributed by atoms with Gasteiger partial charge in [0.1, 0.15) is 11.5 Å². The zero-order valence-corrected chi connectivity index (χ0v) is 21.5. The summed E-state index contributed by atoms with van der Waals surface area (Å²) >= 11 is 0. The average Bonchev–Trinajstić information content (AvgIpc) is 2.59. The number of phenols is 2. The number of benzene rings is 2. The first-order valence-electron chi connectivity index (χ1n) is 11.7. The summed E-state index contributed by atoms with van der Waals surface area (Å²) in [6, 6.07) is 8.71. The number of phenolic OH excluding ortho intramolecular Hbond substituents is 2. The molecule has 0 amide bonds. The molecule has 0 bridgehead atoms. The number of aryl methyl sites for hydroxylation is 3. The van der Waals surface area contributed by atoms with Crippen LogP contribution in [0, 0.1) is 6.92 Å². The van der Waals surface area contributed by atoms with Crippen LogP contribution < -0.4 is 0 Å². The van der Waals surface area contributed by atoms with Crippen molar-refractivity contribution in [3.8, 4) is 11.5 Å². The van der Waals surface area contributed by atoms with Crippen molar-refractivity contribution >= 4 is 0 Å². The van der Waals surface area contributed by atoms with Crippen molar-refractivity contribution in [2.75, 3.05) is 0 Å². The summed E-state index contributed by atoms with van der Waals surface area (Å²) in [5.74, 6) is 0.891. The Morgan fingerprint density at radius 1 is 0.548 bits per heavy atom. The lowest BCUT2D eigenvalue weighted by Gasteiger charge is -2.28. The molecule has 0 fully saturated rings. The van der Waals surface area contributed by atoms with Crippen LogP contribution in [0.3, 0.4) is 0 Å². The highest BCUT2D eigenvalue weighted by atomic mass is 16.3. The number of hydrogen-bond acceptors (Lipinski definition) is 2. The van der Waals surface area contributed by atoms with Crippen LogP contribution in [-0.4, -0.2) is 10.2 Å². The van der Waals surface area contributed by atoms with Crippen LogP contribution in [0.2, 0.25) is 0 Å². The molecule has 0 aliphatic rings. The van der Waals surface area contributed by atoms with E-state index in [2.05, 4.69) is 86.6 Å². The van der Waals surface area contributed by atoms with Gasteiger partial charge in [-0.2, -0.15) is 0 Å². The highest BCUT2D eigenvalue weighted by molar-refractivity contribution is 5.50. The lowest BCUT2D eigenvalue weighted by atomic mass is 9.78. The molecular formula is C29H44O2. The Bertz CT molecular complexity index is 880. The molecule has 0 saturated heterocycles. The third kappa shape index (κ3) is 6.28. The lowest BCUT2D eigenvalue weighted by molar-refractivity contribution is 0.422. The molecule has 31 heavy (non-hydrogen) atoms. The fraction of sp³-hybridized carbons (Fsp3) is 0.586. The summed E-state index contributed by atoms with van der Waals surface area (Å²) < 4.78 is 0. The van der Waals surface area contributed by atoms with Gasteiger partial charge in [0, 0.05) is 0 Å². The van der Waals surface area contributed by atoms with E-state index in [4.69, 9.17) is 0 Å². The smallest absolute Gasteiger partial charge is 0.123 e. The number of hydrogen-bond donors (Lipinski definition) is 2. The summed E-state index contributed by atoms with van der Waals surface area (Å²) in [5, 5.41) is 21.4. The molecule has 0 aliphatic carbocycles. The number of rotatable bonds is 5. The number of aromatic hydroxyl groups is 2. The van der Waals surface area contributed by atoms with Crippen LogP contribution in [0.15, 0.2) is 24.3 Å². The zero-order valence-electron chi connectivity index (χ0n) is 21.5. The fourth-order valence-corrected chi connectivity index (χ4v) is 4.21. The van der Waals surface area contributed by atoms with E-state index < -0.39 is 0 Å². The first-order valence-corrected chi connectivity index (χ1v) is 11.7. The van der Waals surface area contributed by atoms with Gasteiger partial charge in [-0.25, -0.2) is 0 Å². The van der Waals surface area contributed by atoms with Crippen LogP contribution in [0.4, 0.5) is 0 Å². The Kier molecular flexibility index (Phi) is 7.25. The maximum atomic E-state index is 10.9. The van der Waals surface area contributed by atoms with Gasteiger partial charge in [0.05, 0.1) is 0 Å². The van der Waals surface area contributed by atoms with E-state index in [9.17, 15) is 10.2 Å². The maximum Gasteiger partial charge on any atom is 0.123 e. The molecule has 0 saturated carbocycles. The summed E-state index contributed by atoms with van der Waals surface area (Å²) in [5.41, 5.74) is 6.44. The van der Waals surface area contributed by atoms with Gasteiger partial charge in [0.2, 0.25) is 0 Å². The Balaban J connectivity index is 2.17. The molecular weight excluding hydrogens is 380 g/mol. The van der Waals surface area contributed by atoms with Gasteiger partial charge in [0.25, 0.3) is 0 Å². The van der Waals surface area contributed by atoms with Gasteiger partial charge in [-0.1, -0.05) is 86.6 Å². The minimum atomic E-state index is -0.0903. The van der Waals surface area contributed by atoms with Crippen LogP contribution >= 0.6 is 0 Å². The van der Waals surface area contributed by atoms with Crippen molar-refractivity contribution in [1.29, 1.82) is 0 Å². The minimum Gasteiger partial charge on any atom is -0.507 e. The highest BCUT2D eigenvalue weighted by Gasteiger charge is 2.26. The molecule has 2 aromatic rings. The van der Waals surface area contributed by atoms with E-state index in [0.717, 1.165) is 47.9 Å². The molecule has 2 N–H and O–H groups in total. The van der Waals surface area contributed by atoms with Crippen molar-refractivity contribution in [2.45, 2.75) is 111 Å². The maximum absolute atomic E-state index is 10.9. The van der Waals surface area contributed by atoms with Gasteiger partial charge in [-0.05, 0) is 82.2 Å². The minimum absolute atomic E-state index is 0.0659. The fourth-order valence-electron chi connectivity index (χ4n) is 4.21. The molecule has 0 aliphatic heterocycles. The van der Waals surface area contributed by atoms with E-state index in [1.807, 2.05) is 6.92 Å². The molecule has 2 rings (SSSR count). The van der Waals surface area contributed by atoms with Crippen LogP contribution in [-0.2, 0) is 29.1 Å². The molecule has 2 heteroatoms. The molecule has 0 heterocycles. The molecule has 0 aromatic heterocycles. The van der Waals surface area contributed by atoms with Crippen LogP contribution in [0.1, 0.15) is 109 Å². The summed E-state index contributed by atoms with van der Waals surface area (Å²) in [4.78, 5) is 0. The Morgan fingerprint density at radius 3 is 1.23 bits per heavy atom. The Labute approximate surface area is 190 Å². The van der Waals surface area contributed by atoms with Gasteiger partial charge >= 0.3 is 0 Å². The predicted octanol–water partition coefficient (Wildman–Crippen LogP) is 7.86. The largest absolute Gasteiger partial charge is 0.507 e. The molecule has 0 atom stereocenters. The van der Waals surface area contributed by atoms with Gasteiger partial charge in [0.15, 0.2) is 0 Å². The van der Waals surface area contributed by atoms with Crippen molar-refractivity contribution in [3.63, 3.8) is 0 Å². The second-order valence-electron chi connectivity index (χ2n) is 12.3. The summed E-state index contributed by atoms with van der Waals surface area (Å²) in [6.45, 7) is 21.4. The van der Waals surface area contributed by atoms with Crippen molar-refractivity contribution in [3.05, 3.63) is 57.6 Å². The molecule has 0 radical (unpaired) electrons. The highest BCUT2D eigenvalue weighted by Crippen LogP contribution is 2.40. The monoisotopic (exact) mass is 424 g/mol. The van der Waals surface area contributed by atoms with E-state index >= 15 is 0 Å². The van der Waals surface area contributed by atoms with Crippen LogP contribution in [0.25, 0.3) is 0 Å². The Morgan fingerprint density at radius 2 is 0.871 bits per heavy atom. The zero-order chi connectivity index (χ0) is 23.8. The molecule has 172 valence electrons. The lowest BCUT2D eigenvalue weighted by Crippen LogP contribution is -2.18. The SMILES string of the molecule is Cc1cc(CCCCc2cc(C(C)(C)C)c(O)c(C(C)(C)C)c2)cc(C(C)(C)C)c1O. The molecule has 0 spiro atoms. The first kappa shape index (κ1) is 25.3. The predicted molar refractivity (Wildman–Crippen MR) is 134 cm³/mol. The Hall–Kier alpha value is -1.96. The quantitative estimate of drug-likeness (QED) is 0.479. The second kappa shape index (κ2) is 8.88. The summed E-state index contributed by atoms with van der Waals surface area (Å²) in [6.07, 6.45) is 4.23. The van der Waals surface area contributed by atoms with Gasteiger partial charge < -0.3 is 10.2 Å². The van der Waals surface area contributed by atoms with E-state index in [0.29, 0.717) is 11.5 Å². The molecule has 0 unspecified atom stereocenters. The van der Waals surface area contributed by atoms with Crippen molar-refractivity contribution < 1.29 is 10.2 Å². The third-order valence-electron chi connectivity index (χ3n) is 6.13. The standard InChI is InChI=1S/C29H44O2/c1-19-15-20(16-22(25(19)30)27(2,3)4)13-11-12-14-21-17-23(28(5,6)7)26(31)24(18-21)29(8,9)10/h15-18,30-31H,11-14H2,1-10H3. The van der Waals surface area contributed by atoms with E-state index in [-0.39, 0.29) is 16.2 Å². The molecule has 2 nitrogen and oxygen atoms in total. The van der Waals surface area contributed by atoms with E-state index in [1.54, 1.807) is 0 Å². The van der Waals surface area contributed by atoms with Crippen LogP contribution in [0.5, 0.6) is 11.5 Å². The second-order valence-corrected chi connectivity index (χ2v) is 12.3. The normalized spacial score (nSPS) is 13.0. The van der Waals surface area contributed by atoms with Crippen molar-refractivity contribution in [1.82, 2.24) is 0 Å². The topological polar surface area (TPSA) is 40.5 Å². The van der Waals surface area contributed by atoms with Gasteiger partial charge in [-0.3, -0.25) is 0 Å². The summed E-state index contributed by atoms with van der Waals surface area (Å²) in [7, 11) is 0. The third-order valence-corrected chi connectivity index (χ3v) is 6.13. The first-order chi connectivity index (χ1) is 14.0. The van der Waals surface area contributed by atoms with Gasteiger partial charge in [-0.15, -0.1) is 0 Å². The van der Waals surface area contributed by atoms with Crippen molar-refractivity contribution in [2.24, 2.45) is 0 Å².